The Balaban J connectivity index is 2.07. The van der Waals surface area contributed by atoms with Crippen molar-refractivity contribution in [1.82, 2.24) is 14.6 Å². The number of amides is 2. The molecule has 0 aromatic carbocycles. The van der Waals surface area contributed by atoms with Crippen molar-refractivity contribution in [3.63, 3.8) is 0 Å². The zero-order valence-electron chi connectivity index (χ0n) is 10.0. The standard InChI is InChI=1S/C10H11N5O2S2/c1-2-6-8(19-15-14-6)9(17)13-10-12-5(4-18-10)3-7(11)16/h4H,2-3H2,1H3,(H2,11,16)(H,12,13,17). The maximum absolute atomic E-state index is 12.0. The number of carbonyl (C=O) groups excluding carboxylic acids is 2. The molecule has 0 saturated carbocycles. The molecule has 3 N–H and O–H groups in total. The molecule has 2 rings (SSSR count). The number of nitrogens with one attached hydrogen (secondary N) is 1. The van der Waals surface area contributed by atoms with Gasteiger partial charge in [0.2, 0.25) is 5.91 Å². The van der Waals surface area contributed by atoms with E-state index < -0.39 is 5.91 Å². The molecule has 0 atom stereocenters. The minimum absolute atomic E-state index is 0.0642. The third kappa shape index (κ3) is 3.32. The van der Waals surface area contributed by atoms with Crippen molar-refractivity contribution in [1.29, 1.82) is 0 Å². The number of carbonyl (C=O) groups is 2. The van der Waals surface area contributed by atoms with E-state index in [9.17, 15) is 9.59 Å². The van der Waals surface area contributed by atoms with Crippen LogP contribution in [0.25, 0.3) is 0 Å². The fraction of sp³-hybridized carbons (Fsp3) is 0.300. The fourth-order valence-electron chi connectivity index (χ4n) is 1.39. The Morgan fingerprint density at radius 1 is 1.47 bits per heavy atom. The predicted octanol–water partition coefficient (Wildman–Crippen LogP) is 0.837. The van der Waals surface area contributed by atoms with Crippen LogP contribution in [0.3, 0.4) is 0 Å². The van der Waals surface area contributed by atoms with Gasteiger partial charge in [-0.25, -0.2) is 4.98 Å². The van der Waals surface area contributed by atoms with Crippen LogP contribution in [-0.4, -0.2) is 26.4 Å². The van der Waals surface area contributed by atoms with Gasteiger partial charge in [0.25, 0.3) is 5.91 Å². The molecular formula is C10H11N5O2S2. The summed E-state index contributed by atoms with van der Waals surface area (Å²) >= 11 is 2.29. The van der Waals surface area contributed by atoms with Crippen LogP contribution in [-0.2, 0) is 17.6 Å². The first-order valence-corrected chi connectivity index (χ1v) is 7.10. The van der Waals surface area contributed by atoms with Crippen LogP contribution in [0, 0.1) is 0 Å². The van der Waals surface area contributed by atoms with E-state index in [0.29, 0.717) is 27.8 Å². The molecule has 0 aliphatic carbocycles. The molecule has 0 aliphatic rings. The number of aryl methyl sites for hydroxylation is 1. The van der Waals surface area contributed by atoms with Gasteiger partial charge in [0.1, 0.15) is 4.88 Å². The van der Waals surface area contributed by atoms with E-state index in [-0.39, 0.29) is 12.3 Å². The summed E-state index contributed by atoms with van der Waals surface area (Å²) in [5.74, 6) is -0.741. The van der Waals surface area contributed by atoms with E-state index in [1.807, 2.05) is 6.92 Å². The molecule has 0 spiro atoms. The van der Waals surface area contributed by atoms with Crippen molar-refractivity contribution < 1.29 is 9.59 Å². The molecule has 0 radical (unpaired) electrons. The average molecular weight is 297 g/mol. The molecule has 0 bridgehead atoms. The van der Waals surface area contributed by atoms with Crippen molar-refractivity contribution in [2.75, 3.05) is 5.32 Å². The molecular weight excluding hydrogens is 286 g/mol. The highest BCUT2D eigenvalue weighted by molar-refractivity contribution is 7.14. The van der Waals surface area contributed by atoms with Gasteiger partial charge >= 0.3 is 0 Å². The summed E-state index contributed by atoms with van der Waals surface area (Å²) in [5, 5.41) is 8.64. The first kappa shape index (κ1) is 13.6. The monoisotopic (exact) mass is 297 g/mol. The van der Waals surface area contributed by atoms with E-state index in [4.69, 9.17) is 5.73 Å². The van der Waals surface area contributed by atoms with Crippen LogP contribution in [0.2, 0.25) is 0 Å². The number of nitrogens with two attached hydrogens (primary N) is 1. The van der Waals surface area contributed by atoms with Gasteiger partial charge in [-0.1, -0.05) is 11.4 Å². The number of nitrogens with zero attached hydrogens (tertiary/aromatic N) is 3. The highest BCUT2D eigenvalue weighted by Crippen LogP contribution is 2.19. The molecule has 100 valence electrons. The number of aromatic nitrogens is 3. The Hall–Kier alpha value is -1.87. The Morgan fingerprint density at radius 2 is 2.26 bits per heavy atom. The second-order valence-electron chi connectivity index (χ2n) is 3.64. The zero-order chi connectivity index (χ0) is 13.8. The van der Waals surface area contributed by atoms with Crippen molar-refractivity contribution >= 4 is 39.8 Å². The second-order valence-corrected chi connectivity index (χ2v) is 5.26. The number of anilines is 1. The first-order valence-electron chi connectivity index (χ1n) is 5.45. The first-order chi connectivity index (χ1) is 9.10. The molecule has 7 nitrogen and oxygen atoms in total. The fourth-order valence-corrected chi connectivity index (χ4v) is 2.74. The molecule has 0 unspecified atom stereocenters. The van der Waals surface area contributed by atoms with Crippen LogP contribution in [0.5, 0.6) is 0 Å². The topological polar surface area (TPSA) is 111 Å². The van der Waals surface area contributed by atoms with Crippen LogP contribution in [0.1, 0.15) is 28.0 Å². The summed E-state index contributed by atoms with van der Waals surface area (Å²) in [5.41, 5.74) is 6.28. The number of thiazole rings is 1. The molecule has 0 aliphatic heterocycles. The third-order valence-corrected chi connectivity index (χ3v) is 3.80. The molecule has 19 heavy (non-hydrogen) atoms. The van der Waals surface area contributed by atoms with Crippen LogP contribution >= 0.6 is 22.9 Å². The van der Waals surface area contributed by atoms with Gasteiger partial charge in [-0.3, -0.25) is 14.9 Å². The Bertz CT molecular complexity index is 607. The summed E-state index contributed by atoms with van der Waals surface area (Å²) < 4.78 is 3.75. The molecule has 2 aromatic rings. The minimum Gasteiger partial charge on any atom is -0.369 e. The zero-order valence-corrected chi connectivity index (χ0v) is 11.7. The smallest absolute Gasteiger partial charge is 0.271 e. The normalized spacial score (nSPS) is 10.4. The summed E-state index contributed by atoms with van der Waals surface area (Å²) in [6.07, 6.45) is 0.707. The third-order valence-electron chi connectivity index (χ3n) is 2.22. The molecule has 9 heteroatoms. The summed E-state index contributed by atoms with van der Waals surface area (Å²) in [4.78, 5) is 27.3. The van der Waals surface area contributed by atoms with E-state index in [2.05, 4.69) is 19.9 Å². The number of hydrogen-bond donors (Lipinski definition) is 2. The molecule has 2 aromatic heterocycles. The van der Waals surface area contributed by atoms with Gasteiger partial charge in [0, 0.05) is 5.38 Å². The van der Waals surface area contributed by atoms with Gasteiger partial charge < -0.3 is 5.73 Å². The minimum atomic E-state index is -0.455. The van der Waals surface area contributed by atoms with E-state index in [1.54, 1.807) is 5.38 Å². The van der Waals surface area contributed by atoms with Crippen molar-refractivity contribution in [2.24, 2.45) is 5.73 Å². The summed E-state index contributed by atoms with van der Waals surface area (Å²) in [7, 11) is 0. The van der Waals surface area contributed by atoms with Crippen LogP contribution in [0.15, 0.2) is 5.38 Å². The summed E-state index contributed by atoms with van der Waals surface area (Å²) in [6.45, 7) is 1.90. The highest BCUT2D eigenvalue weighted by atomic mass is 32.1. The Labute approximate surface area is 117 Å². The maximum atomic E-state index is 12.0. The Morgan fingerprint density at radius 3 is 2.95 bits per heavy atom. The lowest BCUT2D eigenvalue weighted by molar-refractivity contribution is -0.117. The van der Waals surface area contributed by atoms with Gasteiger partial charge in [0.15, 0.2) is 5.13 Å². The van der Waals surface area contributed by atoms with Crippen molar-refractivity contribution in [3.05, 3.63) is 21.6 Å². The van der Waals surface area contributed by atoms with E-state index >= 15 is 0 Å². The van der Waals surface area contributed by atoms with Crippen LogP contribution < -0.4 is 11.1 Å². The molecule has 2 heterocycles. The highest BCUT2D eigenvalue weighted by Gasteiger charge is 2.16. The van der Waals surface area contributed by atoms with Gasteiger partial charge in [-0.2, -0.15) is 0 Å². The second kappa shape index (κ2) is 5.85. The van der Waals surface area contributed by atoms with Gasteiger partial charge in [-0.15, -0.1) is 16.4 Å². The Kier molecular flexibility index (Phi) is 4.17. The predicted molar refractivity (Wildman–Crippen MR) is 72.3 cm³/mol. The largest absolute Gasteiger partial charge is 0.369 e. The summed E-state index contributed by atoms with van der Waals surface area (Å²) in [6, 6.07) is 0. The lowest BCUT2D eigenvalue weighted by Crippen LogP contribution is -2.14. The molecule has 0 saturated heterocycles. The lowest BCUT2D eigenvalue weighted by Gasteiger charge is -1.99. The SMILES string of the molecule is CCc1nnsc1C(=O)Nc1nc(CC(N)=O)cs1. The van der Waals surface area contributed by atoms with Crippen molar-refractivity contribution in [2.45, 2.75) is 19.8 Å². The van der Waals surface area contributed by atoms with Gasteiger partial charge in [-0.05, 0) is 18.0 Å². The maximum Gasteiger partial charge on any atom is 0.271 e. The quantitative estimate of drug-likeness (QED) is 0.849. The number of primary amides is 1. The number of rotatable bonds is 5. The van der Waals surface area contributed by atoms with E-state index in [1.165, 1.54) is 11.3 Å². The average Bonchev–Trinajstić information content (AvgIpc) is 2.96. The van der Waals surface area contributed by atoms with Gasteiger partial charge in [0.05, 0.1) is 17.8 Å². The molecule has 2 amide bonds. The lowest BCUT2D eigenvalue weighted by atomic mass is 10.3. The number of hydrogen-bond acceptors (Lipinski definition) is 7. The van der Waals surface area contributed by atoms with E-state index in [0.717, 1.165) is 11.5 Å². The molecule has 0 fully saturated rings. The van der Waals surface area contributed by atoms with Crippen LogP contribution in [0.4, 0.5) is 5.13 Å². The van der Waals surface area contributed by atoms with Crippen molar-refractivity contribution in [3.8, 4) is 0 Å².